The van der Waals surface area contributed by atoms with E-state index in [4.69, 9.17) is 20.9 Å². The second-order valence-corrected chi connectivity index (χ2v) is 3.99. The van der Waals surface area contributed by atoms with E-state index in [1.165, 1.54) is 0 Å². The summed E-state index contributed by atoms with van der Waals surface area (Å²) in [6.07, 6.45) is 0. The number of ether oxygens (including phenoxy) is 2. The second kappa shape index (κ2) is 5.31. The Morgan fingerprint density at radius 3 is 2.17 bits per heavy atom. The van der Waals surface area contributed by atoms with Gasteiger partial charge in [-0.25, -0.2) is 0 Å². The van der Waals surface area contributed by atoms with E-state index in [0.29, 0.717) is 5.69 Å². The first-order chi connectivity index (χ1) is 8.65. The van der Waals surface area contributed by atoms with Crippen molar-refractivity contribution in [3.8, 4) is 11.5 Å². The summed E-state index contributed by atoms with van der Waals surface area (Å²) >= 11 is 0. The fourth-order valence-electron chi connectivity index (χ4n) is 1.47. The predicted octanol–water partition coefficient (Wildman–Crippen LogP) is 2.57. The van der Waals surface area contributed by atoms with Crippen molar-refractivity contribution >= 4 is 11.4 Å². The third kappa shape index (κ3) is 3.07. The molecule has 18 heavy (non-hydrogen) atoms. The molecule has 2 rings (SSSR count). The average Bonchev–Trinajstić information content (AvgIpc) is 2.36. The van der Waals surface area contributed by atoms with E-state index in [9.17, 15) is 0 Å². The first-order valence-electron chi connectivity index (χ1n) is 5.62. The molecule has 0 aliphatic heterocycles. The van der Waals surface area contributed by atoms with E-state index < -0.39 is 0 Å². The second-order valence-electron chi connectivity index (χ2n) is 3.99. The molecule has 4 nitrogen and oxygen atoms in total. The molecule has 4 N–H and O–H groups in total. The summed E-state index contributed by atoms with van der Waals surface area (Å²) < 4.78 is 10.9. The number of anilines is 2. The Balaban J connectivity index is 1.88. The number of benzene rings is 2. The third-order valence-corrected chi connectivity index (χ3v) is 2.57. The molecule has 4 heteroatoms. The topological polar surface area (TPSA) is 70.5 Å². The molecule has 0 saturated heterocycles. The Labute approximate surface area is 106 Å². The summed E-state index contributed by atoms with van der Waals surface area (Å²) in [6, 6.07) is 12.7. The standard InChI is InChI=1S/C14H16N2O2/c1-10-8-13(6-7-14(10)16)18-9-17-12-4-2-11(15)3-5-12/h2-8H,9,15-16H2,1H3. The maximum absolute atomic E-state index is 5.72. The highest BCUT2D eigenvalue weighted by Crippen LogP contribution is 2.19. The number of aryl methyl sites for hydroxylation is 1. The van der Waals surface area contributed by atoms with E-state index in [0.717, 1.165) is 22.7 Å². The summed E-state index contributed by atoms with van der Waals surface area (Å²) in [5, 5.41) is 0. The lowest BCUT2D eigenvalue weighted by atomic mass is 10.2. The summed E-state index contributed by atoms with van der Waals surface area (Å²) in [7, 11) is 0. The van der Waals surface area contributed by atoms with Crippen LogP contribution in [0.5, 0.6) is 11.5 Å². The molecule has 0 radical (unpaired) electrons. The lowest BCUT2D eigenvalue weighted by Crippen LogP contribution is -2.06. The van der Waals surface area contributed by atoms with Crippen molar-refractivity contribution < 1.29 is 9.47 Å². The van der Waals surface area contributed by atoms with Gasteiger partial charge in [0, 0.05) is 11.4 Å². The van der Waals surface area contributed by atoms with Gasteiger partial charge in [0.25, 0.3) is 0 Å². The fraction of sp³-hybridized carbons (Fsp3) is 0.143. The van der Waals surface area contributed by atoms with Gasteiger partial charge in [-0.05, 0) is 55.0 Å². The molecule has 94 valence electrons. The zero-order chi connectivity index (χ0) is 13.0. The molecule has 2 aromatic rings. The minimum atomic E-state index is 0.146. The van der Waals surface area contributed by atoms with Gasteiger partial charge in [0.05, 0.1) is 0 Å². The van der Waals surface area contributed by atoms with Crippen LogP contribution in [0.4, 0.5) is 11.4 Å². The molecule has 0 aliphatic rings. The first kappa shape index (κ1) is 12.1. The average molecular weight is 244 g/mol. The van der Waals surface area contributed by atoms with Crippen LogP contribution in [0.3, 0.4) is 0 Å². The largest absolute Gasteiger partial charge is 0.458 e. The molecular weight excluding hydrogens is 228 g/mol. The van der Waals surface area contributed by atoms with Gasteiger partial charge in [0.15, 0.2) is 0 Å². The van der Waals surface area contributed by atoms with Gasteiger partial charge in [-0.15, -0.1) is 0 Å². The predicted molar refractivity (Wildman–Crippen MR) is 72.6 cm³/mol. The van der Waals surface area contributed by atoms with Crippen molar-refractivity contribution in [3.05, 3.63) is 48.0 Å². The molecule has 0 saturated carbocycles. The van der Waals surface area contributed by atoms with Gasteiger partial charge in [-0.1, -0.05) is 0 Å². The Morgan fingerprint density at radius 2 is 1.50 bits per heavy atom. The SMILES string of the molecule is Cc1cc(OCOc2ccc(N)cc2)ccc1N. The quantitative estimate of drug-likeness (QED) is 0.640. The zero-order valence-corrected chi connectivity index (χ0v) is 10.2. The summed E-state index contributed by atoms with van der Waals surface area (Å²) in [5.74, 6) is 1.45. The lowest BCUT2D eigenvalue weighted by Gasteiger charge is -2.09. The minimum Gasteiger partial charge on any atom is -0.458 e. The number of nitrogen functional groups attached to an aromatic ring is 2. The van der Waals surface area contributed by atoms with Crippen LogP contribution in [0.1, 0.15) is 5.56 Å². The van der Waals surface area contributed by atoms with Gasteiger partial charge in [0.1, 0.15) is 11.5 Å². The van der Waals surface area contributed by atoms with Crippen molar-refractivity contribution in [2.24, 2.45) is 0 Å². The van der Waals surface area contributed by atoms with Crippen molar-refractivity contribution in [3.63, 3.8) is 0 Å². The van der Waals surface area contributed by atoms with Crippen LogP contribution in [0.2, 0.25) is 0 Å². The Morgan fingerprint density at radius 1 is 0.889 bits per heavy atom. The highest BCUT2D eigenvalue weighted by molar-refractivity contribution is 5.49. The van der Waals surface area contributed by atoms with Gasteiger partial charge in [-0.3, -0.25) is 0 Å². The molecule has 0 atom stereocenters. The maximum Gasteiger partial charge on any atom is 0.230 e. The van der Waals surface area contributed by atoms with Crippen LogP contribution < -0.4 is 20.9 Å². The summed E-state index contributed by atoms with van der Waals surface area (Å²) in [4.78, 5) is 0. The van der Waals surface area contributed by atoms with Crippen LogP contribution in [-0.4, -0.2) is 6.79 Å². The van der Waals surface area contributed by atoms with Gasteiger partial charge >= 0.3 is 0 Å². The number of rotatable bonds is 4. The van der Waals surface area contributed by atoms with Crippen LogP contribution in [0, 0.1) is 6.92 Å². The van der Waals surface area contributed by atoms with E-state index in [1.54, 1.807) is 24.3 Å². The van der Waals surface area contributed by atoms with Crippen molar-refractivity contribution in [1.82, 2.24) is 0 Å². The van der Waals surface area contributed by atoms with E-state index in [1.807, 2.05) is 25.1 Å². The van der Waals surface area contributed by atoms with E-state index in [2.05, 4.69) is 0 Å². The molecule has 0 amide bonds. The number of nitrogens with two attached hydrogens (primary N) is 2. The van der Waals surface area contributed by atoms with Gasteiger partial charge in [0.2, 0.25) is 6.79 Å². The smallest absolute Gasteiger partial charge is 0.230 e. The van der Waals surface area contributed by atoms with Crippen molar-refractivity contribution in [1.29, 1.82) is 0 Å². The molecule has 0 fully saturated rings. The third-order valence-electron chi connectivity index (χ3n) is 2.57. The van der Waals surface area contributed by atoms with Crippen molar-refractivity contribution in [2.45, 2.75) is 6.92 Å². The minimum absolute atomic E-state index is 0.146. The molecule has 2 aromatic carbocycles. The summed E-state index contributed by atoms with van der Waals surface area (Å²) in [6.45, 7) is 2.08. The Bertz CT molecular complexity index is 524. The molecule has 0 aliphatic carbocycles. The van der Waals surface area contributed by atoms with Crippen molar-refractivity contribution in [2.75, 3.05) is 18.3 Å². The zero-order valence-electron chi connectivity index (χ0n) is 10.2. The first-order valence-corrected chi connectivity index (χ1v) is 5.62. The normalized spacial score (nSPS) is 10.1. The number of hydrogen-bond acceptors (Lipinski definition) is 4. The van der Waals surface area contributed by atoms with E-state index in [-0.39, 0.29) is 6.79 Å². The van der Waals surface area contributed by atoms with Crippen LogP contribution in [-0.2, 0) is 0 Å². The summed E-state index contributed by atoms with van der Waals surface area (Å²) in [5.41, 5.74) is 13.7. The molecule has 0 bridgehead atoms. The number of hydrogen-bond donors (Lipinski definition) is 2. The maximum atomic E-state index is 5.72. The fourth-order valence-corrected chi connectivity index (χ4v) is 1.47. The molecule has 0 spiro atoms. The molecule has 0 heterocycles. The van der Waals surface area contributed by atoms with Crippen LogP contribution in [0.15, 0.2) is 42.5 Å². The molecule has 0 unspecified atom stereocenters. The van der Waals surface area contributed by atoms with Crippen LogP contribution >= 0.6 is 0 Å². The highest BCUT2D eigenvalue weighted by atomic mass is 16.7. The van der Waals surface area contributed by atoms with Gasteiger partial charge in [-0.2, -0.15) is 0 Å². The molecular formula is C14H16N2O2. The Hall–Kier alpha value is -2.36. The monoisotopic (exact) mass is 244 g/mol. The van der Waals surface area contributed by atoms with E-state index >= 15 is 0 Å². The van der Waals surface area contributed by atoms with Crippen LogP contribution in [0.25, 0.3) is 0 Å². The molecule has 0 aromatic heterocycles. The lowest BCUT2D eigenvalue weighted by molar-refractivity contribution is 0.120. The highest BCUT2D eigenvalue weighted by Gasteiger charge is 1.98. The van der Waals surface area contributed by atoms with Gasteiger partial charge < -0.3 is 20.9 Å². The Kier molecular flexibility index (Phi) is 3.57.